The summed E-state index contributed by atoms with van der Waals surface area (Å²) in [5.41, 5.74) is 0. The predicted molar refractivity (Wildman–Crippen MR) is 32.3 cm³/mol. The minimum Gasteiger partial charge on any atom is -0.335 e. The van der Waals surface area contributed by atoms with Crippen LogP contribution < -0.4 is 10.6 Å². The molecule has 0 rings (SSSR count). The van der Waals surface area contributed by atoms with Gasteiger partial charge in [0.2, 0.25) is 0 Å². The Kier molecular flexibility index (Phi) is 4.53. The first-order valence-electron chi connectivity index (χ1n) is 2.54. The molecule has 1 radical (unpaired) electrons. The molecule has 0 aliphatic heterocycles. The summed E-state index contributed by atoms with van der Waals surface area (Å²) in [5.74, 6) is 0. The second-order valence-electron chi connectivity index (χ2n) is 1.31. The molecular formula is C5H9N2O2. The quantitative estimate of drug-likeness (QED) is 0.547. The number of nitrogens with one attached hydrogen (secondary N) is 2. The van der Waals surface area contributed by atoms with Crippen LogP contribution in [0.4, 0.5) is 4.79 Å². The minimum atomic E-state index is -0.388. The fraction of sp³-hybridized carbons (Fsp3) is 0.400. The number of hydrogen-bond acceptors (Lipinski definition) is 1. The van der Waals surface area contributed by atoms with Crippen LogP contribution in [0.15, 0.2) is 12.8 Å². The Balaban J connectivity index is 3.16. The van der Waals surface area contributed by atoms with E-state index in [4.69, 9.17) is 0 Å². The van der Waals surface area contributed by atoms with E-state index in [0.717, 1.165) is 0 Å². The lowest BCUT2D eigenvalue weighted by Gasteiger charge is -1.98. The molecule has 0 unspecified atom stereocenters. The van der Waals surface area contributed by atoms with Crippen LogP contribution in [0.2, 0.25) is 0 Å². The highest BCUT2D eigenvalue weighted by Crippen LogP contribution is 1.62. The van der Waals surface area contributed by atoms with Gasteiger partial charge in [-0.2, -0.15) is 0 Å². The van der Waals surface area contributed by atoms with E-state index in [-0.39, 0.29) is 19.2 Å². The van der Waals surface area contributed by atoms with E-state index >= 15 is 0 Å². The molecule has 9 heavy (non-hydrogen) atoms. The molecule has 0 aliphatic rings. The van der Waals surface area contributed by atoms with Crippen LogP contribution in [0.5, 0.6) is 0 Å². The van der Waals surface area contributed by atoms with Crippen LogP contribution >= 0.6 is 0 Å². The number of carbonyl (C=O) groups excluding carboxylic acids is 1. The lowest BCUT2D eigenvalue weighted by atomic mass is 10.7. The maximum atomic E-state index is 10.4. The van der Waals surface area contributed by atoms with Gasteiger partial charge in [-0.25, -0.2) is 9.90 Å². The zero-order chi connectivity index (χ0) is 7.11. The second-order valence-corrected chi connectivity index (χ2v) is 1.31. The molecule has 0 aliphatic carbocycles. The van der Waals surface area contributed by atoms with Crippen molar-refractivity contribution in [3.63, 3.8) is 0 Å². The summed E-state index contributed by atoms with van der Waals surface area (Å²) < 4.78 is 0. The summed E-state index contributed by atoms with van der Waals surface area (Å²) in [5, 5.41) is 14.3. The minimum absolute atomic E-state index is 0.152. The fourth-order valence-corrected chi connectivity index (χ4v) is 0.308. The van der Waals surface area contributed by atoms with Gasteiger partial charge in [-0.05, 0) is 6.20 Å². The molecule has 0 bridgehead atoms. The molecule has 4 heteroatoms. The SMILES string of the molecule is C=CNC(=O)NCC[O]. The third-order valence-electron chi connectivity index (χ3n) is 0.621. The number of amides is 2. The molecule has 4 nitrogen and oxygen atoms in total. The van der Waals surface area contributed by atoms with Gasteiger partial charge in [0.25, 0.3) is 0 Å². The van der Waals surface area contributed by atoms with Crippen LogP contribution in [0.3, 0.4) is 0 Å². The van der Waals surface area contributed by atoms with E-state index in [2.05, 4.69) is 17.2 Å². The zero-order valence-corrected chi connectivity index (χ0v) is 5.02. The summed E-state index contributed by atoms with van der Waals surface area (Å²) in [6, 6.07) is -0.388. The number of urea groups is 1. The number of hydrogen-bond donors (Lipinski definition) is 2. The Morgan fingerprint density at radius 3 is 2.78 bits per heavy atom. The summed E-state index contributed by atoms with van der Waals surface area (Å²) in [6.45, 7) is 3.11. The maximum absolute atomic E-state index is 10.4. The van der Waals surface area contributed by atoms with Gasteiger partial charge in [-0.1, -0.05) is 6.58 Å². The van der Waals surface area contributed by atoms with Crippen LogP contribution in [-0.4, -0.2) is 19.2 Å². The summed E-state index contributed by atoms with van der Waals surface area (Å²) >= 11 is 0. The Hall–Kier alpha value is -1.03. The summed E-state index contributed by atoms with van der Waals surface area (Å²) in [7, 11) is 0. The van der Waals surface area contributed by atoms with Crippen molar-refractivity contribution in [1.29, 1.82) is 0 Å². The van der Waals surface area contributed by atoms with Crippen molar-refractivity contribution >= 4 is 6.03 Å². The second kappa shape index (κ2) is 5.11. The molecule has 2 amide bonds. The first kappa shape index (κ1) is 7.97. The van der Waals surface area contributed by atoms with E-state index in [1.54, 1.807) is 0 Å². The Bertz CT molecular complexity index is 103. The summed E-state index contributed by atoms with van der Waals surface area (Å²) in [6.07, 6.45) is 1.25. The highest BCUT2D eigenvalue weighted by atomic mass is 16.3. The molecule has 2 N–H and O–H groups in total. The van der Waals surface area contributed by atoms with Gasteiger partial charge < -0.3 is 10.6 Å². The van der Waals surface area contributed by atoms with Crippen molar-refractivity contribution in [2.45, 2.75) is 0 Å². The Labute approximate surface area is 53.6 Å². The molecular weight excluding hydrogens is 120 g/mol. The largest absolute Gasteiger partial charge is 0.335 e. The molecule has 0 aromatic carbocycles. The van der Waals surface area contributed by atoms with Gasteiger partial charge in [0.05, 0.1) is 6.61 Å². The smallest absolute Gasteiger partial charge is 0.318 e. The van der Waals surface area contributed by atoms with Crippen molar-refractivity contribution in [3.8, 4) is 0 Å². The number of carbonyl (C=O) groups is 1. The van der Waals surface area contributed by atoms with Gasteiger partial charge in [0.15, 0.2) is 0 Å². The van der Waals surface area contributed by atoms with Gasteiger partial charge >= 0.3 is 6.03 Å². The van der Waals surface area contributed by atoms with Crippen molar-refractivity contribution in [3.05, 3.63) is 12.8 Å². The first-order chi connectivity index (χ1) is 4.31. The predicted octanol–water partition coefficient (Wildman–Crippen LogP) is -0.140. The highest BCUT2D eigenvalue weighted by molar-refractivity contribution is 5.74. The highest BCUT2D eigenvalue weighted by Gasteiger charge is 1.91. The van der Waals surface area contributed by atoms with E-state index < -0.39 is 0 Å². The van der Waals surface area contributed by atoms with Gasteiger partial charge in [-0.3, -0.25) is 0 Å². The first-order valence-corrected chi connectivity index (χ1v) is 2.54. The van der Waals surface area contributed by atoms with E-state index in [1.165, 1.54) is 6.20 Å². The van der Waals surface area contributed by atoms with Gasteiger partial charge in [0.1, 0.15) is 0 Å². The van der Waals surface area contributed by atoms with Gasteiger partial charge in [-0.15, -0.1) is 0 Å². The molecule has 0 saturated heterocycles. The van der Waals surface area contributed by atoms with Gasteiger partial charge in [0, 0.05) is 6.54 Å². The molecule has 0 atom stereocenters. The Morgan fingerprint density at radius 1 is 1.67 bits per heavy atom. The van der Waals surface area contributed by atoms with Crippen molar-refractivity contribution in [1.82, 2.24) is 10.6 Å². The standard InChI is InChI=1S/C5H9N2O2/c1-2-6-5(9)7-3-4-8/h2H,1,3-4H2,(H2,6,7,9). The lowest BCUT2D eigenvalue weighted by Crippen LogP contribution is -2.33. The molecule has 0 saturated carbocycles. The fourth-order valence-electron chi connectivity index (χ4n) is 0.308. The van der Waals surface area contributed by atoms with Crippen molar-refractivity contribution in [2.75, 3.05) is 13.2 Å². The average Bonchev–Trinajstić information content (AvgIpc) is 1.85. The third kappa shape index (κ3) is 4.83. The lowest BCUT2D eigenvalue weighted by molar-refractivity contribution is 0.191. The molecule has 0 aromatic heterocycles. The van der Waals surface area contributed by atoms with Crippen molar-refractivity contribution in [2.24, 2.45) is 0 Å². The van der Waals surface area contributed by atoms with E-state index in [0.29, 0.717) is 0 Å². The van der Waals surface area contributed by atoms with Crippen LogP contribution in [0.1, 0.15) is 0 Å². The number of rotatable bonds is 3. The molecule has 0 fully saturated rings. The molecule has 0 heterocycles. The van der Waals surface area contributed by atoms with E-state index in [9.17, 15) is 9.90 Å². The molecule has 0 spiro atoms. The average molecular weight is 129 g/mol. The topological polar surface area (TPSA) is 61.0 Å². The third-order valence-corrected chi connectivity index (χ3v) is 0.621. The zero-order valence-electron chi connectivity index (χ0n) is 5.02. The van der Waals surface area contributed by atoms with Crippen LogP contribution in [-0.2, 0) is 5.11 Å². The van der Waals surface area contributed by atoms with Crippen LogP contribution in [0, 0.1) is 0 Å². The maximum Gasteiger partial charge on any atom is 0.318 e. The Morgan fingerprint density at radius 2 is 2.33 bits per heavy atom. The summed E-state index contributed by atoms with van der Waals surface area (Å²) in [4.78, 5) is 10.4. The monoisotopic (exact) mass is 129 g/mol. The van der Waals surface area contributed by atoms with Crippen molar-refractivity contribution < 1.29 is 9.90 Å². The molecule has 0 aromatic rings. The van der Waals surface area contributed by atoms with E-state index in [1.807, 2.05) is 0 Å². The molecule has 51 valence electrons. The van der Waals surface area contributed by atoms with Crippen LogP contribution in [0.25, 0.3) is 0 Å². The normalized spacial score (nSPS) is 8.11.